The van der Waals surface area contributed by atoms with Gasteiger partial charge < -0.3 is 14.8 Å². The van der Waals surface area contributed by atoms with Crippen LogP contribution in [0, 0.1) is 12.8 Å². The smallest absolute Gasteiger partial charge is 0.158 e. The van der Waals surface area contributed by atoms with Crippen molar-refractivity contribution >= 4 is 17.3 Å². The van der Waals surface area contributed by atoms with Crippen LogP contribution in [0.15, 0.2) is 58.3 Å². The summed E-state index contributed by atoms with van der Waals surface area (Å²) in [5, 5.41) is 14.4. The molecule has 5 nitrogen and oxygen atoms in total. The Balaban J connectivity index is 2.16. The summed E-state index contributed by atoms with van der Waals surface area (Å²) in [6.07, 6.45) is 1.69. The molecule has 0 amide bonds. The summed E-state index contributed by atoms with van der Waals surface area (Å²) in [5.41, 5.74) is 1.74. The molecule has 27 heavy (non-hydrogen) atoms. The van der Waals surface area contributed by atoms with E-state index in [9.17, 15) is 14.7 Å². The summed E-state index contributed by atoms with van der Waals surface area (Å²) >= 11 is 0. The molecule has 2 aromatic rings. The van der Waals surface area contributed by atoms with Crippen LogP contribution in [0.1, 0.15) is 44.4 Å². The number of aliphatic hydroxyl groups is 1. The van der Waals surface area contributed by atoms with Crippen LogP contribution in [0.5, 0.6) is 0 Å². The Labute approximate surface area is 159 Å². The zero-order chi connectivity index (χ0) is 19.8. The lowest BCUT2D eigenvalue weighted by atomic mass is 9.65. The zero-order valence-corrected chi connectivity index (χ0v) is 16.1. The number of furan rings is 1. The first-order valence-corrected chi connectivity index (χ1v) is 9.04. The highest BCUT2D eigenvalue weighted by molar-refractivity contribution is 5.98. The van der Waals surface area contributed by atoms with Crippen molar-refractivity contribution in [3.05, 3.63) is 65.3 Å². The van der Waals surface area contributed by atoms with Crippen LogP contribution in [0.4, 0.5) is 5.69 Å². The van der Waals surface area contributed by atoms with Gasteiger partial charge in [-0.15, -0.1) is 0 Å². The number of anilines is 1. The molecule has 2 N–H and O–H groups in total. The molecule has 3 rings (SSSR count). The monoisotopic (exact) mass is 367 g/mol. The summed E-state index contributed by atoms with van der Waals surface area (Å²) in [5.74, 6) is -1.20. The Hall–Kier alpha value is -2.66. The van der Waals surface area contributed by atoms with Gasteiger partial charge in [0.25, 0.3) is 0 Å². The lowest BCUT2D eigenvalue weighted by molar-refractivity contribution is -0.131. The molecule has 142 valence electrons. The topological polar surface area (TPSA) is 79.5 Å². The van der Waals surface area contributed by atoms with E-state index in [1.54, 1.807) is 19.1 Å². The van der Waals surface area contributed by atoms with E-state index in [1.165, 1.54) is 20.1 Å². The molecular weight excluding hydrogens is 342 g/mol. The van der Waals surface area contributed by atoms with E-state index in [4.69, 9.17) is 4.42 Å². The van der Waals surface area contributed by atoms with Crippen LogP contribution in [0.2, 0.25) is 0 Å². The van der Waals surface area contributed by atoms with E-state index in [-0.39, 0.29) is 18.0 Å². The number of allylic oxidation sites excluding steroid dienone is 1. The molecule has 1 heterocycles. The highest BCUT2D eigenvalue weighted by Gasteiger charge is 2.50. The Kier molecular flexibility index (Phi) is 5.07. The number of hydrogen-bond acceptors (Lipinski definition) is 5. The third-order valence-corrected chi connectivity index (χ3v) is 5.19. The fourth-order valence-corrected chi connectivity index (χ4v) is 4.08. The SMILES string of the molecule is CC(=O)C1=C(Nc2ccc(C)cc2)C[C@](C)(O)[C@H](C(C)=O)[C@@H]1c1ccco1. The standard InChI is InChI=1S/C22H25NO4/c1-13-7-9-16(10-8-13)23-17-12-22(4,26)21(15(3)25)20(19(17)14(2)24)18-6-5-11-27-18/h5-11,20-21,23,26H,12H2,1-4H3/t20-,21-,22+/m1/s1. The van der Waals surface area contributed by atoms with Crippen molar-refractivity contribution in [1.29, 1.82) is 0 Å². The minimum atomic E-state index is -1.31. The number of nitrogens with one attached hydrogen (secondary N) is 1. The Morgan fingerprint density at radius 2 is 1.85 bits per heavy atom. The normalized spacial score (nSPS) is 25.4. The number of aryl methyl sites for hydroxylation is 1. The summed E-state index contributed by atoms with van der Waals surface area (Å²) in [4.78, 5) is 25.0. The van der Waals surface area contributed by atoms with Gasteiger partial charge in [0.05, 0.1) is 23.7 Å². The molecule has 0 radical (unpaired) electrons. The van der Waals surface area contributed by atoms with Gasteiger partial charge >= 0.3 is 0 Å². The Morgan fingerprint density at radius 1 is 1.19 bits per heavy atom. The van der Waals surface area contributed by atoms with Crippen molar-refractivity contribution < 1.29 is 19.1 Å². The number of carbonyl (C=O) groups is 2. The zero-order valence-electron chi connectivity index (χ0n) is 16.1. The van der Waals surface area contributed by atoms with Gasteiger partial charge in [-0.05, 0) is 52.0 Å². The molecule has 0 fully saturated rings. The van der Waals surface area contributed by atoms with E-state index in [0.29, 0.717) is 17.0 Å². The van der Waals surface area contributed by atoms with Crippen molar-refractivity contribution in [2.75, 3.05) is 5.32 Å². The number of ketones is 2. The predicted octanol–water partition coefficient (Wildman–Crippen LogP) is 3.99. The van der Waals surface area contributed by atoms with Crippen LogP contribution >= 0.6 is 0 Å². The summed E-state index contributed by atoms with van der Waals surface area (Å²) in [6.45, 7) is 6.58. The van der Waals surface area contributed by atoms with Crippen LogP contribution in [0.25, 0.3) is 0 Å². The highest BCUT2D eigenvalue weighted by Crippen LogP contribution is 2.47. The lowest BCUT2D eigenvalue weighted by Crippen LogP contribution is -2.48. The van der Waals surface area contributed by atoms with Crippen molar-refractivity contribution in [2.45, 2.75) is 45.6 Å². The molecule has 1 aliphatic carbocycles. The fourth-order valence-electron chi connectivity index (χ4n) is 4.08. The summed E-state index contributed by atoms with van der Waals surface area (Å²) < 4.78 is 5.56. The second-order valence-corrected chi connectivity index (χ2v) is 7.55. The second-order valence-electron chi connectivity index (χ2n) is 7.55. The maximum atomic E-state index is 12.6. The Bertz CT molecular complexity index is 876. The molecular formula is C22H25NO4. The van der Waals surface area contributed by atoms with Gasteiger partial charge in [0.2, 0.25) is 0 Å². The quantitative estimate of drug-likeness (QED) is 0.835. The van der Waals surface area contributed by atoms with E-state index in [2.05, 4.69) is 5.32 Å². The van der Waals surface area contributed by atoms with Gasteiger partial charge in [-0.25, -0.2) is 0 Å². The number of carbonyl (C=O) groups excluding carboxylic acids is 2. The third kappa shape index (κ3) is 3.74. The van der Waals surface area contributed by atoms with Gasteiger partial charge in [-0.1, -0.05) is 17.7 Å². The molecule has 1 aromatic carbocycles. The first-order chi connectivity index (χ1) is 12.7. The molecule has 0 bridgehead atoms. The molecule has 0 unspecified atom stereocenters. The molecule has 1 aliphatic rings. The van der Waals surface area contributed by atoms with E-state index in [1.807, 2.05) is 31.2 Å². The van der Waals surface area contributed by atoms with Gasteiger partial charge in [-0.3, -0.25) is 9.59 Å². The van der Waals surface area contributed by atoms with Crippen LogP contribution < -0.4 is 5.32 Å². The number of benzene rings is 1. The van der Waals surface area contributed by atoms with Crippen molar-refractivity contribution in [1.82, 2.24) is 0 Å². The molecule has 0 saturated carbocycles. The van der Waals surface area contributed by atoms with Crippen molar-refractivity contribution in [3.8, 4) is 0 Å². The second kappa shape index (κ2) is 7.16. The maximum Gasteiger partial charge on any atom is 0.158 e. The van der Waals surface area contributed by atoms with Crippen molar-refractivity contribution in [3.63, 3.8) is 0 Å². The first kappa shape index (κ1) is 19.1. The molecule has 0 saturated heterocycles. The Morgan fingerprint density at radius 3 is 2.37 bits per heavy atom. The van der Waals surface area contributed by atoms with Gasteiger partial charge in [0.15, 0.2) is 5.78 Å². The van der Waals surface area contributed by atoms with E-state index < -0.39 is 17.4 Å². The van der Waals surface area contributed by atoms with E-state index >= 15 is 0 Å². The number of hydrogen-bond donors (Lipinski definition) is 2. The summed E-state index contributed by atoms with van der Waals surface area (Å²) in [6, 6.07) is 11.3. The van der Waals surface area contributed by atoms with E-state index in [0.717, 1.165) is 11.3 Å². The van der Waals surface area contributed by atoms with Gasteiger partial charge in [0.1, 0.15) is 11.5 Å². The average molecular weight is 367 g/mol. The minimum absolute atomic E-state index is 0.146. The molecule has 1 aromatic heterocycles. The molecule has 5 heteroatoms. The fraction of sp³-hybridized carbons (Fsp3) is 0.364. The largest absolute Gasteiger partial charge is 0.469 e. The number of Topliss-reactive ketones (excluding diaryl/α,β-unsaturated/α-hetero) is 2. The van der Waals surface area contributed by atoms with Gasteiger partial charge in [0, 0.05) is 23.4 Å². The van der Waals surface area contributed by atoms with Gasteiger partial charge in [-0.2, -0.15) is 0 Å². The summed E-state index contributed by atoms with van der Waals surface area (Å²) in [7, 11) is 0. The first-order valence-electron chi connectivity index (χ1n) is 9.04. The number of rotatable bonds is 5. The average Bonchev–Trinajstić information content (AvgIpc) is 3.09. The highest BCUT2D eigenvalue weighted by atomic mass is 16.3. The molecule has 3 atom stereocenters. The molecule has 0 aliphatic heterocycles. The molecule has 0 spiro atoms. The third-order valence-electron chi connectivity index (χ3n) is 5.19. The minimum Gasteiger partial charge on any atom is -0.469 e. The predicted molar refractivity (Wildman–Crippen MR) is 103 cm³/mol. The lowest BCUT2D eigenvalue weighted by Gasteiger charge is -2.42. The van der Waals surface area contributed by atoms with Crippen molar-refractivity contribution in [2.24, 2.45) is 5.92 Å². The van der Waals surface area contributed by atoms with Crippen LogP contribution in [-0.4, -0.2) is 22.3 Å². The van der Waals surface area contributed by atoms with Crippen LogP contribution in [0.3, 0.4) is 0 Å². The van der Waals surface area contributed by atoms with Crippen LogP contribution in [-0.2, 0) is 9.59 Å². The maximum absolute atomic E-state index is 12.6.